The SMILES string of the molecule is CCCCCOCC(=O)N1CCN(CC(=O)N(C)C)CC1. The summed E-state index contributed by atoms with van der Waals surface area (Å²) in [5, 5.41) is 0. The third-order valence-electron chi connectivity index (χ3n) is 3.70. The molecule has 21 heavy (non-hydrogen) atoms. The Balaban J connectivity index is 2.17. The number of unbranched alkanes of at least 4 members (excludes halogenated alkanes) is 2. The molecule has 1 rings (SSSR count). The van der Waals surface area contributed by atoms with Crippen molar-refractivity contribution in [1.82, 2.24) is 14.7 Å². The normalized spacial score (nSPS) is 16.0. The Morgan fingerprint density at radius 3 is 2.33 bits per heavy atom. The van der Waals surface area contributed by atoms with Gasteiger partial charge in [0.25, 0.3) is 0 Å². The van der Waals surface area contributed by atoms with Gasteiger partial charge < -0.3 is 14.5 Å². The maximum Gasteiger partial charge on any atom is 0.248 e. The maximum absolute atomic E-state index is 12.0. The summed E-state index contributed by atoms with van der Waals surface area (Å²) in [4.78, 5) is 29.1. The van der Waals surface area contributed by atoms with Gasteiger partial charge in [0.1, 0.15) is 6.61 Å². The largest absolute Gasteiger partial charge is 0.372 e. The first kappa shape index (κ1) is 17.9. The number of hydrogen-bond acceptors (Lipinski definition) is 4. The van der Waals surface area contributed by atoms with Crippen LogP contribution in [0.3, 0.4) is 0 Å². The fraction of sp³-hybridized carbons (Fsp3) is 0.867. The fourth-order valence-corrected chi connectivity index (χ4v) is 2.19. The van der Waals surface area contributed by atoms with Crippen LogP contribution in [-0.4, -0.2) is 86.5 Å². The Morgan fingerprint density at radius 2 is 1.76 bits per heavy atom. The molecule has 2 amide bonds. The summed E-state index contributed by atoms with van der Waals surface area (Å²) in [6.07, 6.45) is 3.32. The minimum atomic E-state index is 0.0603. The minimum absolute atomic E-state index is 0.0603. The van der Waals surface area contributed by atoms with Gasteiger partial charge in [-0.1, -0.05) is 19.8 Å². The Kier molecular flexibility index (Phi) is 8.30. The Hall–Kier alpha value is -1.14. The molecule has 1 heterocycles. The molecule has 0 aliphatic carbocycles. The molecule has 0 saturated carbocycles. The predicted octanol–water partition coefficient (Wildman–Crippen LogP) is 0.426. The number of piperazine rings is 1. The number of rotatable bonds is 8. The minimum Gasteiger partial charge on any atom is -0.372 e. The van der Waals surface area contributed by atoms with Gasteiger partial charge in [0.15, 0.2) is 0 Å². The van der Waals surface area contributed by atoms with Gasteiger partial charge in [-0.2, -0.15) is 0 Å². The van der Waals surface area contributed by atoms with Crippen LogP contribution in [0.15, 0.2) is 0 Å². The summed E-state index contributed by atoms with van der Waals surface area (Å²) >= 11 is 0. The van der Waals surface area contributed by atoms with Crippen molar-refractivity contribution in [2.75, 3.05) is 60.0 Å². The molecule has 0 radical (unpaired) electrons. The number of carbonyl (C=O) groups excluding carboxylic acids is 2. The highest BCUT2D eigenvalue weighted by atomic mass is 16.5. The lowest BCUT2D eigenvalue weighted by Crippen LogP contribution is -2.51. The van der Waals surface area contributed by atoms with E-state index in [1.165, 1.54) is 0 Å². The molecule has 0 aromatic heterocycles. The van der Waals surface area contributed by atoms with E-state index in [0.29, 0.717) is 26.2 Å². The van der Waals surface area contributed by atoms with E-state index in [1.54, 1.807) is 19.0 Å². The topological polar surface area (TPSA) is 53.1 Å². The molecule has 0 aromatic carbocycles. The first-order valence-corrected chi connectivity index (χ1v) is 7.82. The van der Waals surface area contributed by atoms with Crippen molar-refractivity contribution < 1.29 is 14.3 Å². The van der Waals surface area contributed by atoms with Crippen LogP contribution in [0.25, 0.3) is 0 Å². The van der Waals surface area contributed by atoms with Gasteiger partial charge >= 0.3 is 0 Å². The van der Waals surface area contributed by atoms with Gasteiger partial charge in [0, 0.05) is 46.9 Å². The van der Waals surface area contributed by atoms with Gasteiger partial charge in [-0.05, 0) is 6.42 Å². The second kappa shape index (κ2) is 9.73. The Bertz CT molecular complexity index is 326. The molecule has 122 valence electrons. The van der Waals surface area contributed by atoms with Crippen molar-refractivity contribution in [2.45, 2.75) is 26.2 Å². The third kappa shape index (κ3) is 6.91. The maximum atomic E-state index is 12.0. The lowest BCUT2D eigenvalue weighted by Gasteiger charge is -2.34. The lowest BCUT2D eigenvalue weighted by atomic mass is 10.3. The molecule has 0 atom stereocenters. The molecular formula is C15H29N3O3. The van der Waals surface area contributed by atoms with E-state index in [-0.39, 0.29) is 18.4 Å². The zero-order chi connectivity index (χ0) is 15.7. The van der Waals surface area contributed by atoms with Crippen LogP contribution in [0, 0.1) is 0 Å². The van der Waals surface area contributed by atoms with E-state index in [1.807, 2.05) is 4.90 Å². The number of nitrogens with zero attached hydrogens (tertiary/aromatic N) is 3. The molecule has 0 aromatic rings. The van der Waals surface area contributed by atoms with Gasteiger partial charge in [0.05, 0.1) is 6.54 Å². The summed E-state index contributed by atoms with van der Waals surface area (Å²) in [6, 6.07) is 0. The lowest BCUT2D eigenvalue weighted by molar-refractivity contribution is -0.138. The average molecular weight is 299 g/mol. The quantitative estimate of drug-likeness (QED) is 0.610. The molecule has 6 nitrogen and oxygen atoms in total. The van der Waals surface area contributed by atoms with E-state index < -0.39 is 0 Å². The van der Waals surface area contributed by atoms with Crippen LogP contribution in [0.2, 0.25) is 0 Å². The molecule has 0 spiro atoms. The summed E-state index contributed by atoms with van der Waals surface area (Å²) in [5.74, 6) is 0.166. The summed E-state index contributed by atoms with van der Waals surface area (Å²) in [6.45, 7) is 6.28. The average Bonchev–Trinajstić information content (AvgIpc) is 2.47. The molecule has 0 bridgehead atoms. The summed E-state index contributed by atoms with van der Waals surface area (Å²) in [7, 11) is 3.52. The summed E-state index contributed by atoms with van der Waals surface area (Å²) < 4.78 is 5.41. The zero-order valence-corrected chi connectivity index (χ0v) is 13.6. The van der Waals surface area contributed by atoms with Crippen LogP contribution in [0.1, 0.15) is 26.2 Å². The van der Waals surface area contributed by atoms with Crippen molar-refractivity contribution in [2.24, 2.45) is 0 Å². The Labute approximate surface area is 128 Å². The van der Waals surface area contributed by atoms with Crippen LogP contribution >= 0.6 is 0 Å². The van der Waals surface area contributed by atoms with Crippen molar-refractivity contribution in [3.63, 3.8) is 0 Å². The molecule has 1 saturated heterocycles. The van der Waals surface area contributed by atoms with Crippen LogP contribution < -0.4 is 0 Å². The van der Waals surface area contributed by atoms with Crippen molar-refractivity contribution in [1.29, 1.82) is 0 Å². The van der Waals surface area contributed by atoms with Crippen molar-refractivity contribution in [3.05, 3.63) is 0 Å². The van der Waals surface area contributed by atoms with Crippen molar-refractivity contribution >= 4 is 11.8 Å². The van der Waals surface area contributed by atoms with Crippen LogP contribution in [-0.2, 0) is 14.3 Å². The highest BCUT2D eigenvalue weighted by molar-refractivity contribution is 5.78. The number of likely N-dealkylation sites (N-methyl/N-ethyl adjacent to an activating group) is 1. The molecule has 6 heteroatoms. The smallest absolute Gasteiger partial charge is 0.248 e. The first-order valence-electron chi connectivity index (χ1n) is 7.82. The van der Waals surface area contributed by atoms with E-state index in [2.05, 4.69) is 11.8 Å². The second-order valence-electron chi connectivity index (χ2n) is 5.70. The van der Waals surface area contributed by atoms with E-state index in [9.17, 15) is 9.59 Å². The fourth-order valence-electron chi connectivity index (χ4n) is 2.19. The monoisotopic (exact) mass is 299 g/mol. The van der Waals surface area contributed by atoms with E-state index in [0.717, 1.165) is 32.4 Å². The molecule has 1 aliphatic heterocycles. The molecule has 1 aliphatic rings. The predicted molar refractivity (Wildman–Crippen MR) is 82.1 cm³/mol. The van der Waals surface area contributed by atoms with E-state index >= 15 is 0 Å². The molecule has 0 N–H and O–H groups in total. The van der Waals surface area contributed by atoms with Crippen LogP contribution in [0.5, 0.6) is 0 Å². The third-order valence-corrected chi connectivity index (χ3v) is 3.70. The molecule has 1 fully saturated rings. The number of amides is 2. The van der Waals surface area contributed by atoms with Crippen LogP contribution in [0.4, 0.5) is 0 Å². The second-order valence-corrected chi connectivity index (χ2v) is 5.70. The molecular weight excluding hydrogens is 270 g/mol. The highest BCUT2D eigenvalue weighted by Gasteiger charge is 2.22. The molecule has 0 unspecified atom stereocenters. The van der Waals surface area contributed by atoms with Gasteiger partial charge in [-0.3, -0.25) is 14.5 Å². The van der Waals surface area contributed by atoms with E-state index in [4.69, 9.17) is 4.74 Å². The zero-order valence-electron chi connectivity index (χ0n) is 13.6. The number of carbonyl (C=O) groups is 2. The standard InChI is InChI=1S/C15H29N3O3/c1-4-5-6-11-21-13-15(20)18-9-7-17(8-10-18)12-14(19)16(2)3/h4-13H2,1-3H3. The first-order chi connectivity index (χ1) is 10.0. The number of hydrogen-bond donors (Lipinski definition) is 0. The van der Waals surface area contributed by atoms with Gasteiger partial charge in [0.2, 0.25) is 11.8 Å². The Morgan fingerprint density at radius 1 is 1.10 bits per heavy atom. The number of ether oxygens (including phenoxy) is 1. The van der Waals surface area contributed by atoms with Gasteiger partial charge in [-0.25, -0.2) is 0 Å². The highest BCUT2D eigenvalue weighted by Crippen LogP contribution is 2.03. The summed E-state index contributed by atoms with van der Waals surface area (Å²) in [5.41, 5.74) is 0. The van der Waals surface area contributed by atoms with Crippen molar-refractivity contribution in [3.8, 4) is 0 Å². The van der Waals surface area contributed by atoms with Gasteiger partial charge in [-0.15, -0.1) is 0 Å².